The average Bonchev–Trinajstić information content (AvgIpc) is 3.24. The molecule has 2 atom stereocenters. The van der Waals surface area contributed by atoms with Crippen LogP contribution in [-0.2, 0) is 28.6 Å². The largest absolute Gasteiger partial charge is 0.462 e. The van der Waals surface area contributed by atoms with Gasteiger partial charge in [0.2, 0.25) is 0 Å². The molecule has 0 aromatic carbocycles. The maximum absolute atomic E-state index is 12.8. The maximum Gasteiger partial charge on any atom is 0.306 e. The van der Waals surface area contributed by atoms with Crippen LogP contribution in [0.2, 0.25) is 0 Å². The third-order valence-corrected chi connectivity index (χ3v) is 12.8. The van der Waals surface area contributed by atoms with Gasteiger partial charge in [-0.05, 0) is 31.1 Å². The third kappa shape index (κ3) is 47.7. The minimum Gasteiger partial charge on any atom is -0.462 e. The molecule has 0 aromatic rings. The summed E-state index contributed by atoms with van der Waals surface area (Å²) in [6.45, 7) is 11.4. The van der Waals surface area contributed by atoms with Crippen molar-refractivity contribution in [1.82, 2.24) is 0 Å². The summed E-state index contributed by atoms with van der Waals surface area (Å²) in [6, 6.07) is 0. The van der Waals surface area contributed by atoms with E-state index in [1.54, 1.807) is 0 Å². The molecule has 61 heavy (non-hydrogen) atoms. The van der Waals surface area contributed by atoms with Crippen molar-refractivity contribution in [2.75, 3.05) is 13.2 Å². The van der Waals surface area contributed by atoms with Gasteiger partial charge in [-0.2, -0.15) is 0 Å². The zero-order valence-corrected chi connectivity index (χ0v) is 41.8. The molecule has 0 aliphatic heterocycles. The lowest BCUT2D eigenvalue weighted by Crippen LogP contribution is -2.30. The lowest BCUT2D eigenvalue weighted by Gasteiger charge is -2.18. The van der Waals surface area contributed by atoms with Gasteiger partial charge in [0.05, 0.1) is 0 Å². The highest BCUT2D eigenvalue weighted by Crippen LogP contribution is 2.18. The van der Waals surface area contributed by atoms with Crippen LogP contribution >= 0.6 is 0 Å². The second kappa shape index (κ2) is 47.9. The standard InChI is InChI=1S/C55H106O6/c1-6-8-9-10-11-12-13-14-20-23-26-29-35-40-45-53(56)59-48-52(61-55(58)47-42-37-32-31-34-39-44-51(5)7-2)49-60-54(57)46-41-36-30-27-24-21-18-16-15-17-19-22-25-28-33-38-43-50(3)4/h50-52H,6-49H2,1-5H3/t51?,52-/m0/s1. The Labute approximate surface area is 380 Å². The molecule has 0 aromatic heterocycles. The van der Waals surface area contributed by atoms with E-state index in [1.807, 2.05) is 0 Å². The molecule has 0 radical (unpaired) electrons. The van der Waals surface area contributed by atoms with Crippen LogP contribution in [0.15, 0.2) is 0 Å². The van der Waals surface area contributed by atoms with E-state index in [4.69, 9.17) is 14.2 Å². The number of hydrogen-bond acceptors (Lipinski definition) is 6. The van der Waals surface area contributed by atoms with Gasteiger partial charge in [0, 0.05) is 19.3 Å². The number of unbranched alkanes of at least 4 members (excludes halogenated alkanes) is 33. The first-order valence-electron chi connectivity index (χ1n) is 27.3. The summed E-state index contributed by atoms with van der Waals surface area (Å²) in [4.78, 5) is 38.0. The van der Waals surface area contributed by atoms with Gasteiger partial charge < -0.3 is 14.2 Å². The SMILES string of the molecule is CCCCCCCCCCCCCCCCC(=O)OC[C@@H](COC(=O)CCCCCCCCCCCCCCCCCCC(C)C)OC(=O)CCCCCCCCC(C)CC. The third-order valence-electron chi connectivity index (χ3n) is 12.8. The number of hydrogen-bond donors (Lipinski definition) is 0. The van der Waals surface area contributed by atoms with Gasteiger partial charge >= 0.3 is 17.9 Å². The molecule has 362 valence electrons. The molecule has 1 unspecified atom stereocenters. The van der Waals surface area contributed by atoms with E-state index in [1.165, 1.54) is 193 Å². The van der Waals surface area contributed by atoms with Gasteiger partial charge in [0.25, 0.3) is 0 Å². The summed E-state index contributed by atoms with van der Waals surface area (Å²) in [5.74, 6) is 0.815. The zero-order chi connectivity index (χ0) is 44.7. The van der Waals surface area contributed by atoms with Crippen molar-refractivity contribution in [3.63, 3.8) is 0 Å². The van der Waals surface area contributed by atoms with Crippen LogP contribution in [0.5, 0.6) is 0 Å². The fraction of sp³-hybridized carbons (Fsp3) is 0.945. The van der Waals surface area contributed by atoms with Crippen LogP contribution in [0.1, 0.15) is 304 Å². The van der Waals surface area contributed by atoms with E-state index in [9.17, 15) is 14.4 Å². The lowest BCUT2D eigenvalue weighted by atomic mass is 10.00. The van der Waals surface area contributed by atoms with E-state index in [0.717, 1.165) is 69.6 Å². The topological polar surface area (TPSA) is 78.9 Å². The molecule has 0 aliphatic carbocycles. The number of ether oxygens (including phenoxy) is 3. The minimum atomic E-state index is -0.762. The van der Waals surface area contributed by atoms with Crippen molar-refractivity contribution >= 4 is 17.9 Å². The normalized spacial score (nSPS) is 12.5. The van der Waals surface area contributed by atoms with Crippen LogP contribution in [0.25, 0.3) is 0 Å². The van der Waals surface area contributed by atoms with Gasteiger partial charge in [-0.3, -0.25) is 14.4 Å². The maximum atomic E-state index is 12.8. The quantitative estimate of drug-likeness (QED) is 0.0344. The fourth-order valence-electron chi connectivity index (χ4n) is 8.31. The summed E-state index contributed by atoms with van der Waals surface area (Å²) in [5.41, 5.74) is 0. The van der Waals surface area contributed by atoms with Crippen LogP contribution in [0.4, 0.5) is 0 Å². The van der Waals surface area contributed by atoms with Crippen molar-refractivity contribution < 1.29 is 28.6 Å². The zero-order valence-electron chi connectivity index (χ0n) is 41.8. The molecule has 0 rings (SSSR count). The second-order valence-corrected chi connectivity index (χ2v) is 19.6. The van der Waals surface area contributed by atoms with E-state index in [0.29, 0.717) is 19.3 Å². The van der Waals surface area contributed by atoms with Gasteiger partial charge in [-0.25, -0.2) is 0 Å². The Kier molecular flexibility index (Phi) is 46.6. The summed E-state index contributed by atoms with van der Waals surface area (Å²) in [6.07, 6.45) is 49.5. The molecule has 0 N–H and O–H groups in total. The predicted octanol–water partition coefficient (Wildman–Crippen LogP) is 17.7. The van der Waals surface area contributed by atoms with Crippen LogP contribution in [0, 0.1) is 11.8 Å². The van der Waals surface area contributed by atoms with Crippen molar-refractivity contribution in [3.8, 4) is 0 Å². The van der Waals surface area contributed by atoms with Gasteiger partial charge in [0.15, 0.2) is 6.10 Å². The number of carbonyl (C=O) groups is 3. The fourth-order valence-corrected chi connectivity index (χ4v) is 8.31. The van der Waals surface area contributed by atoms with E-state index in [-0.39, 0.29) is 31.1 Å². The highest BCUT2D eigenvalue weighted by atomic mass is 16.6. The lowest BCUT2D eigenvalue weighted by molar-refractivity contribution is -0.167. The van der Waals surface area contributed by atoms with Gasteiger partial charge in [0.1, 0.15) is 13.2 Å². The average molecular weight is 863 g/mol. The van der Waals surface area contributed by atoms with E-state index < -0.39 is 6.10 Å². The van der Waals surface area contributed by atoms with Crippen molar-refractivity contribution in [2.45, 2.75) is 310 Å². The molecule has 0 saturated heterocycles. The smallest absolute Gasteiger partial charge is 0.306 e. The number of rotatable bonds is 49. The molecule has 0 saturated carbocycles. The Hall–Kier alpha value is -1.59. The predicted molar refractivity (Wildman–Crippen MR) is 261 cm³/mol. The molecule has 0 fully saturated rings. The molecule has 6 heteroatoms. The Morgan fingerprint density at radius 3 is 0.934 bits per heavy atom. The first kappa shape index (κ1) is 59.4. The van der Waals surface area contributed by atoms with Crippen LogP contribution in [-0.4, -0.2) is 37.2 Å². The molecule has 0 heterocycles. The summed E-state index contributed by atoms with van der Waals surface area (Å²) in [7, 11) is 0. The summed E-state index contributed by atoms with van der Waals surface area (Å²) in [5, 5.41) is 0. The first-order valence-corrected chi connectivity index (χ1v) is 27.3. The molecule has 0 amide bonds. The minimum absolute atomic E-state index is 0.0642. The van der Waals surface area contributed by atoms with Crippen LogP contribution < -0.4 is 0 Å². The Balaban J connectivity index is 4.23. The van der Waals surface area contributed by atoms with Crippen molar-refractivity contribution in [3.05, 3.63) is 0 Å². The molecule has 0 bridgehead atoms. The Morgan fingerprint density at radius 1 is 0.344 bits per heavy atom. The van der Waals surface area contributed by atoms with Crippen molar-refractivity contribution in [1.29, 1.82) is 0 Å². The number of esters is 3. The highest BCUT2D eigenvalue weighted by Gasteiger charge is 2.19. The van der Waals surface area contributed by atoms with Gasteiger partial charge in [-0.1, -0.05) is 266 Å². The molecule has 6 nitrogen and oxygen atoms in total. The van der Waals surface area contributed by atoms with Crippen molar-refractivity contribution in [2.24, 2.45) is 11.8 Å². The highest BCUT2D eigenvalue weighted by molar-refractivity contribution is 5.71. The van der Waals surface area contributed by atoms with Crippen LogP contribution in [0.3, 0.4) is 0 Å². The van der Waals surface area contributed by atoms with E-state index in [2.05, 4.69) is 34.6 Å². The molecular weight excluding hydrogens is 757 g/mol. The summed E-state index contributed by atoms with van der Waals surface area (Å²) < 4.78 is 16.8. The molecular formula is C55H106O6. The summed E-state index contributed by atoms with van der Waals surface area (Å²) >= 11 is 0. The molecule has 0 aliphatic rings. The number of carbonyl (C=O) groups excluding carboxylic acids is 3. The Bertz CT molecular complexity index is 933. The molecule has 0 spiro atoms. The van der Waals surface area contributed by atoms with Gasteiger partial charge in [-0.15, -0.1) is 0 Å². The van der Waals surface area contributed by atoms with E-state index >= 15 is 0 Å². The first-order chi connectivity index (χ1) is 29.8. The Morgan fingerprint density at radius 2 is 0.623 bits per heavy atom. The second-order valence-electron chi connectivity index (χ2n) is 19.6. The monoisotopic (exact) mass is 863 g/mol.